The molecule has 0 radical (unpaired) electrons. The lowest BCUT2D eigenvalue weighted by Gasteiger charge is -2.13. The Morgan fingerprint density at radius 1 is 1.29 bits per heavy atom. The third-order valence-corrected chi connectivity index (χ3v) is 5.09. The highest BCUT2D eigenvalue weighted by atomic mass is 35.5. The molecule has 1 aromatic carbocycles. The lowest BCUT2D eigenvalue weighted by molar-refractivity contribution is -0.123. The van der Waals surface area contributed by atoms with Gasteiger partial charge in [0.05, 0.1) is 11.6 Å². The van der Waals surface area contributed by atoms with Crippen molar-refractivity contribution in [1.82, 2.24) is 10.3 Å². The molecule has 0 aliphatic heterocycles. The maximum Gasteiger partial charge on any atom is 0.257 e. The van der Waals surface area contributed by atoms with E-state index in [1.54, 1.807) is 24.3 Å². The number of rotatable bonds is 4. The number of thiazole rings is 1. The molecule has 24 heavy (non-hydrogen) atoms. The van der Waals surface area contributed by atoms with Crippen molar-refractivity contribution >= 4 is 39.9 Å². The summed E-state index contributed by atoms with van der Waals surface area (Å²) in [4.78, 5) is 30.1. The summed E-state index contributed by atoms with van der Waals surface area (Å²) in [6.45, 7) is 3.87. The van der Waals surface area contributed by atoms with E-state index in [4.69, 9.17) is 11.6 Å². The molecule has 0 saturated heterocycles. The minimum atomic E-state index is -0.234. The summed E-state index contributed by atoms with van der Waals surface area (Å²) in [5, 5.41) is 6.85. The second-order valence-corrected chi connectivity index (χ2v) is 7.56. The van der Waals surface area contributed by atoms with Crippen LogP contribution in [0.5, 0.6) is 0 Å². The summed E-state index contributed by atoms with van der Waals surface area (Å²) in [5.74, 6) is -0.452. The standard InChI is InChI=1S/C17H18ClN3O2S/c1-9(2)19-16(23)12-7-8-13-14(12)20-17(24-13)21-15(22)10-3-5-11(18)6-4-10/h3-6,9,12H,7-8H2,1-2H3,(H,19,23)(H,20,21,22). The second-order valence-electron chi connectivity index (χ2n) is 6.04. The number of nitrogens with zero attached hydrogens (tertiary/aromatic N) is 1. The van der Waals surface area contributed by atoms with E-state index in [0.717, 1.165) is 23.4 Å². The lowest BCUT2D eigenvalue weighted by Crippen LogP contribution is -2.34. The topological polar surface area (TPSA) is 71.1 Å². The summed E-state index contributed by atoms with van der Waals surface area (Å²) >= 11 is 7.27. The first-order chi connectivity index (χ1) is 11.4. The SMILES string of the molecule is CC(C)NC(=O)C1CCc2sc(NC(=O)c3ccc(Cl)cc3)nc21. The van der Waals surface area contributed by atoms with Crippen LogP contribution >= 0.6 is 22.9 Å². The zero-order valence-electron chi connectivity index (χ0n) is 13.4. The Morgan fingerprint density at radius 2 is 2.00 bits per heavy atom. The van der Waals surface area contributed by atoms with Gasteiger partial charge in [0.25, 0.3) is 5.91 Å². The molecular weight excluding hydrogens is 346 g/mol. The quantitative estimate of drug-likeness (QED) is 0.871. The monoisotopic (exact) mass is 363 g/mol. The van der Waals surface area contributed by atoms with Crippen LogP contribution in [0.15, 0.2) is 24.3 Å². The summed E-state index contributed by atoms with van der Waals surface area (Å²) in [7, 11) is 0. The molecule has 2 N–H and O–H groups in total. The fourth-order valence-corrected chi connectivity index (χ4v) is 3.85. The summed E-state index contributed by atoms with van der Waals surface area (Å²) < 4.78 is 0. The van der Waals surface area contributed by atoms with Crippen LogP contribution in [-0.2, 0) is 11.2 Å². The number of hydrogen-bond acceptors (Lipinski definition) is 4. The number of carbonyl (C=O) groups excluding carboxylic acids is 2. The van der Waals surface area contributed by atoms with Crippen LogP contribution < -0.4 is 10.6 Å². The molecule has 7 heteroatoms. The lowest BCUT2D eigenvalue weighted by atomic mass is 10.1. The number of aromatic nitrogens is 1. The zero-order chi connectivity index (χ0) is 17.3. The van der Waals surface area contributed by atoms with E-state index >= 15 is 0 Å². The number of aryl methyl sites for hydroxylation is 1. The minimum Gasteiger partial charge on any atom is -0.353 e. The van der Waals surface area contributed by atoms with Crippen molar-refractivity contribution in [1.29, 1.82) is 0 Å². The van der Waals surface area contributed by atoms with Crippen LogP contribution in [-0.4, -0.2) is 22.8 Å². The Morgan fingerprint density at radius 3 is 2.67 bits per heavy atom. The van der Waals surface area contributed by atoms with Gasteiger partial charge < -0.3 is 5.32 Å². The van der Waals surface area contributed by atoms with E-state index in [1.165, 1.54) is 11.3 Å². The fourth-order valence-electron chi connectivity index (χ4n) is 2.69. The van der Waals surface area contributed by atoms with Crippen molar-refractivity contribution in [2.24, 2.45) is 0 Å². The molecule has 2 amide bonds. The molecule has 1 aliphatic carbocycles. The normalized spacial score (nSPS) is 16.1. The van der Waals surface area contributed by atoms with Gasteiger partial charge in [-0.3, -0.25) is 14.9 Å². The molecule has 126 valence electrons. The maximum absolute atomic E-state index is 12.3. The highest BCUT2D eigenvalue weighted by Gasteiger charge is 2.33. The number of halogens is 1. The zero-order valence-corrected chi connectivity index (χ0v) is 15.0. The van der Waals surface area contributed by atoms with Crippen molar-refractivity contribution in [2.75, 3.05) is 5.32 Å². The van der Waals surface area contributed by atoms with Gasteiger partial charge in [-0.2, -0.15) is 0 Å². The maximum atomic E-state index is 12.3. The van der Waals surface area contributed by atoms with Crippen molar-refractivity contribution < 1.29 is 9.59 Å². The van der Waals surface area contributed by atoms with Crippen LogP contribution in [0.1, 0.15) is 47.1 Å². The number of amides is 2. The molecule has 0 fully saturated rings. The molecule has 1 aliphatic rings. The van der Waals surface area contributed by atoms with Crippen LogP contribution in [0.25, 0.3) is 0 Å². The highest BCUT2D eigenvalue weighted by molar-refractivity contribution is 7.16. The Balaban J connectivity index is 1.72. The predicted molar refractivity (Wildman–Crippen MR) is 95.9 cm³/mol. The number of fused-ring (bicyclic) bond motifs is 1. The smallest absolute Gasteiger partial charge is 0.257 e. The molecule has 2 aromatic rings. The van der Waals surface area contributed by atoms with E-state index < -0.39 is 0 Å². The van der Waals surface area contributed by atoms with Gasteiger partial charge in [0.1, 0.15) is 0 Å². The molecule has 0 bridgehead atoms. The van der Waals surface area contributed by atoms with Gasteiger partial charge in [-0.1, -0.05) is 11.6 Å². The first kappa shape index (κ1) is 16.9. The van der Waals surface area contributed by atoms with Gasteiger partial charge >= 0.3 is 0 Å². The first-order valence-corrected chi connectivity index (χ1v) is 9.00. The largest absolute Gasteiger partial charge is 0.353 e. The molecule has 0 spiro atoms. The molecule has 1 aromatic heterocycles. The number of nitrogens with one attached hydrogen (secondary N) is 2. The second kappa shape index (κ2) is 6.91. The van der Waals surface area contributed by atoms with Crippen molar-refractivity contribution in [3.05, 3.63) is 45.4 Å². The van der Waals surface area contributed by atoms with Crippen LogP contribution in [0, 0.1) is 0 Å². The Bertz CT molecular complexity index is 771. The molecule has 5 nitrogen and oxygen atoms in total. The molecule has 1 unspecified atom stereocenters. The van der Waals surface area contributed by atoms with Gasteiger partial charge in [0, 0.05) is 21.5 Å². The Labute approximate surface area is 149 Å². The number of benzene rings is 1. The van der Waals surface area contributed by atoms with Gasteiger partial charge in [0.15, 0.2) is 5.13 Å². The van der Waals surface area contributed by atoms with Crippen LogP contribution in [0.4, 0.5) is 5.13 Å². The number of carbonyl (C=O) groups is 2. The average molecular weight is 364 g/mol. The van der Waals surface area contributed by atoms with Crippen molar-refractivity contribution in [3.8, 4) is 0 Å². The van der Waals surface area contributed by atoms with E-state index in [0.29, 0.717) is 15.7 Å². The van der Waals surface area contributed by atoms with Crippen LogP contribution in [0.2, 0.25) is 5.02 Å². The predicted octanol–water partition coefficient (Wildman–Crippen LogP) is 3.60. The molecule has 1 heterocycles. The van der Waals surface area contributed by atoms with Crippen molar-refractivity contribution in [2.45, 2.75) is 38.6 Å². The fraction of sp³-hybridized carbons (Fsp3) is 0.353. The van der Waals surface area contributed by atoms with Crippen LogP contribution in [0.3, 0.4) is 0 Å². The number of hydrogen-bond donors (Lipinski definition) is 2. The first-order valence-electron chi connectivity index (χ1n) is 7.81. The Kier molecular flexibility index (Phi) is 4.87. The summed E-state index contributed by atoms with van der Waals surface area (Å²) in [6.07, 6.45) is 1.60. The summed E-state index contributed by atoms with van der Waals surface area (Å²) in [5.41, 5.74) is 1.31. The number of anilines is 1. The molecule has 1 atom stereocenters. The van der Waals surface area contributed by atoms with E-state index in [-0.39, 0.29) is 23.8 Å². The third-order valence-electron chi connectivity index (χ3n) is 3.79. The van der Waals surface area contributed by atoms with Crippen molar-refractivity contribution in [3.63, 3.8) is 0 Å². The van der Waals surface area contributed by atoms with E-state index in [2.05, 4.69) is 15.6 Å². The summed E-state index contributed by atoms with van der Waals surface area (Å²) in [6, 6.07) is 6.77. The average Bonchev–Trinajstić information content (AvgIpc) is 3.06. The van der Waals surface area contributed by atoms with E-state index in [9.17, 15) is 9.59 Å². The minimum absolute atomic E-state index is 0.00428. The van der Waals surface area contributed by atoms with Gasteiger partial charge in [-0.15, -0.1) is 11.3 Å². The molecular formula is C17H18ClN3O2S. The Hall–Kier alpha value is -1.92. The molecule has 3 rings (SSSR count). The van der Waals surface area contributed by atoms with Gasteiger partial charge in [-0.25, -0.2) is 4.98 Å². The van der Waals surface area contributed by atoms with Gasteiger partial charge in [0.2, 0.25) is 5.91 Å². The highest BCUT2D eigenvalue weighted by Crippen LogP contribution is 2.38. The van der Waals surface area contributed by atoms with Gasteiger partial charge in [-0.05, 0) is 51.0 Å². The molecule has 0 saturated carbocycles. The van der Waals surface area contributed by atoms with E-state index in [1.807, 2.05) is 13.8 Å². The third kappa shape index (κ3) is 3.60.